The van der Waals surface area contributed by atoms with Gasteiger partial charge < -0.3 is 10.1 Å². The largest absolute Gasteiger partial charge is 0.458 e. The van der Waals surface area contributed by atoms with Crippen molar-refractivity contribution in [1.82, 2.24) is 19.9 Å². The molecular weight excluding hydrogens is 392 g/mol. The number of esters is 1. The number of carbonyl (C=O) groups excluding carboxylic acids is 2. The number of nitrogens with one attached hydrogen (secondary N) is 1. The van der Waals surface area contributed by atoms with Gasteiger partial charge in [-0.3, -0.25) is 14.4 Å². The van der Waals surface area contributed by atoms with Crippen molar-refractivity contribution in [2.45, 2.75) is 20.0 Å². The van der Waals surface area contributed by atoms with Crippen LogP contribution in [0.3, 0.4) is 0 Å². The molecule has 140 valence electrons. The van der Waals surface area contributed by atoms with Crippen LogP contribution >= 0.6 is 22.9 Å². The van der Waals surface area contributed by atoms with Gasteiger partial charge in [-0.2, -0.15) is 9.61 Å². The van der Waals surface area contributed by atoms with E-state index in [0.29, 0.717) is 17.1 Å². The lowest BCUT2D eigenvalue weighted by Gasteiger charge is -2.07. The first-order chi connectivity index (χ1) is 13.0. The van der Waals surface area contributed by atoms with E-state index in [1.807, 2.05) is 6.92 Å². The number of rotatable bonds is 6. The van der Waals surface area contributed by atoms with Gasteiger partial charge in [0.05, 0.1) is 16.3 Å². The fourth-order valence-corrected chi connectivity index (χ4v) is 3.29. The smallest absolute Gasteiger partial charge is 0.325 e. The number of hydrogen-bond acceptors (Lipinski definition) is 7. The second-order valence-corrected chi connectivity index (χ2v) is 6.90. The van der Waals surface area contributed by atoms with E-state index in [4.69, 9.17) is 16.3 Å². The van der Waals surface area contributed by atoms with E-state index in [9.17, 15) is 14.4 Å². The first-order valence-corrected chi connectivity index (χ1v) is 9.24. The summed E-state index contributed by atoms with van der Waals surface area (Å²) in [6.07, 6.45) is 0.697. The number of carbonyl (C=O) groups is 2. The number of benzene rings is 1. The molecule has 0 radical (unpaired) electrons. The molecular formula is C17H15ClN4O4S. The van der Waals surface area contributed by atoms with Crippen LogP contribution in [0.15, 0.2) is 35.1 Å². The lowest BCUT2D eigenvalue weighted by Crippen LogP contribution is -2.30. The standard InChI is InChI=1S/C17H15ClN4O4S/c1-2-13-21-22-14(23)7-10(20-17(22)27-13)9-26-15(24)8-19-16(25)11-5-3-4-6-12(11)18/h3-7H,2,8-9H2,1H3,(H,19,25). The number of hydrogen-bond donors (Lipinski definition) is 1. The molecule has 0 saturated carbocycles. The molecule has 0 saturated heterocycles. The zero-order valence-electron chi connectivity index (χ0n) is 14.3. The molecule has 0 aliphatic rings. The van der Waals surface area contributed by atoms with Crippen LogP contribution in [-0.2, 0) is 22.6 Å². The van der Waals surface area contributed by atoms with E-state index in [1.165, 1.54) is 21.9 Å². The molecule has 0 aliphatic heterocycles. The van der Waals surface area contributed by atoms with Gasteiger partial charge in [0.1, 0.15) is 18.2 Å². The predicted octanol–water partition coefficient (Wildman–Crippen LogP) is 1.84. The molecule has 2 heterocycles. The zero-order chi connectivity index (χ0) is 19.4. The third-order valence-electron chi connectivity index (χ3n) is 3.54. The number of amides is 1. The monoisotopic (exact) mass is 406 g/mol. The summed E-state index contributed by atoms with van der Waals surface area (Å²) in [6.45, 7) is 1.43. The first kappa shape index (κ1) is 19.0. The fourth-order valence-electron chi connectivity index (χ4n) is 2.21. The summed E-state index contributed by atoms with van der Waals surface area (Å²) in [5, 5.41) is 7.66. The van der Waals surface area contributed by atoms with E-state index in [2.05, 4.69) is 15.4 Å². The summed E-state index contributed by atoms with van der Waals surface area (Å²) in [7, 11) is 0. The number of nitrogens with zero attached hydrogens (tertiary/aromatic N) is 3. The predicted molar refractivity (Wildman–Crippen MR) is 100 cm³/mol. The number of ether oxygens (including phenoxy) is 1. The Morgan fingerprint density at radius 1 is 1.33 bits per heavy atom. The van der Waals surface area contributed by atoms with Crippen molar-refractivity contribution in [2.24, 2.45) is 0 Å². The van der Waals surface area contributed by atoms with Gasteiger partial charge in [-0.15, -0.1) is 0 Å². The Morgan fingerprint density at radius 3 is 2.85 bits per heavy atom. The summed E-state index contributed by atoms with van der Waals surface area (Å²) in [4.78, 5) is 40.6. The van der Waals surface area contributed by atoms with E-state index in [0.717, 1.165) is 5.01 Å². The van der Waals surface area contributed by atoms with E-state index >= 15 is 0 Å². The molecule has 0 atom stereocenters. The highest BCUT2D eigenvalue weighted by molar-refractivity contribution is 7.16. The molecule has 0 bridgehead atoms. The Hall–Kier alpha value is -2.78. The fraction of sp³-hybridized carbons (Fsp3) is 0.235. The minimum absolute atomic E-state index is 0.175. The quantitative estimate of drug-likeness (QED) is 0.626. The maximum absolute atomic E-state index is 12.0. The highest BCUT2D eigenvalue weighted by Gasteiger charge is 2.13. The van der Waals surface area contributed by atoms with Gasteiger partial charge in [0, 0.05) is 6.07 Å². The van der Waals surface area contributed by atoms with Crippen molar-refractivity contribution in [3.05, 3.63) is 62.0 Å². The van der Waals surface area contributed by atoms with Crippen molar-refractivity contribution in [3.63, 3.8) is 0 Å². The van der Waals surface area contributed by atoms with E-state index in [1.54, 1.807) is 24.3 Å². The van der Waals surface area contributed by atoms with Crippen LogP contribution < -0.4 is 10.9 Å². The molecule has 3 rings (SSSR count). The zero-order valence-corrected chi connectivity index (χ0v) is 15.8. The van der Waals surface area contributed by atoms with Gasteiger partial charge in [-0.05, 0) is 18.6 Å². The number of aromatic nitrogens is 3. The lowest BCUT2D eigenvalue weighted by molar-refractivity contribution is -0.143. The Balaban J connectivity index is 1.57. The Kier molecular flexibility index (Phi) is 5.82. The van der Waals surface area contributed by atoms with Crippen LogP contribution in [0.4, 0.5) is 0 Å². The summed E-state index contributed by atoms with van der Waals surface area (Å²) in [6, 6.07) is 7.77. The van der Waals surface area contributed by atoms with Crippen molar-refractivity contribution in [2.75, 3.05) is 6.54 Å². The number of halogens is 1. The number of fused-ring (bicyclic) bond motifs is 1. The second kappa shape index (κ2) is 8.28. The van der Waals surface area contributed by atoms with Crippen LogP contribution in [0.5, 0.6) is 0 Å². The van der Waals surface area contributed by atoms with Gasteiger partial charge in [-0.25, -0.2) is 4.98 Å². The molecule has 0 spiro atoms. The molecule has 2 aromatic heterocycles. The summed E-state index contributed by atoms with van der Waals surface area (Å²) in [5.74, 6) is -1.14. The van der Waals surface area contributed by atoms with Crippen LogP contribution in [0.25, 0.3) is 4.96 Å². The van der Waals surface area contributed by atoms with Gasteiger partial charge in [0.15, 0.2) is 0 Å². The van der Waals surface area contributed by atoms with Crippen molar-refractivity contribution >= 4 is 39.8 Å². The SMILES string of the molecule is CCc1nn2c(=O)cc(COC(=O)CNC(=O)c3ccccc3Cl)nc2s1. The van der Waals surface area contributed by atoms with E-state index in [-0.39, 0.29) is 29.3 Å². The topological polar surface area (TPSA) is 103 Å². The lowest BCUT2D eigenvalue weighted by atomic mass is 10.2. The van der Waals surface area contributed by atoms with Gasteiger partial charge in [0.25, 0.3) is 11.5 Å². The average molecular weight is 407 g/mol. The molecule has 0 aliphatic carbocycles. The Bertz CT molecular complexity index is 1060. The molecule has 3 aromatic rings. The van der Waals surface area contributed by atoms with Crippen LogP contribution in [-0.4, -0.2) is 33.0 Å². The Morgan fingerprint density at radius 2 is 2.11 bits per heavy atom. The van der Waals surface area contributed by atoms with Gasteiger partial charge in [0.2, 0.25) is 4.96 Å². The highest BCUT2D eigenvalue weighted by Crippen LogP contribution is 2.14. The van der Waals surface area contributed by atoms with E-state index < -0.39 is 11.9 Å². The van der Waals surface area contributed by atoms with Crippen molar-refractivity contribution in [3.8, 4) is 0 Å². The minimum atomic E-state index is -0.657. The van der Waals surface area contributed by atoms with Crippen LogP contribution in [0.1, 0.15) is 28.0 Å². The molecule has 10 heteroatoms. The summed E-state index contributed by atoms with van der Waals surface area (Å²) >= 11 is 7.23. The molecule has 1 amide bonds. The maximum Gasteiger partial charge on any atom is 0.325 e. The van der Waals surface area contributed by atoms with Crippen LogP contribution in [0.2, 0.25) is 5.02 Å². The summed E-state index contributed by atoms with van der Waals surface area (Å²) in [5.41, 5.74) is 0.245. The maximum atomic E-state index is 12.0. The van der Waals surface area contributed by atoms with Crippen molar-refractivity contribution < 1.29 is 14.3 Å². The summed E-state index contributed by atoms with van der Waals surface area (Å²) < 4.78 is 6.29. The van der Waals surface area contributed by atoms with Crippen LogP contribution in [0, 0.1) is 0 Å². The second-order valence-electron chi connectivity index (χ2n) is 5.45. The highest BCUT2D eigenvalue weighted by atomic mass is 35.5. The molecule has 1 N–H and O–H groups in total. The molecule has 0 unspecified atom stereocenters. The average Bonchev–Trinajstić information content (AvgIpc) is 3.09. The normalized spacial score (nSPS) is 10.7. The molecule has 8 nitrogen and oxygen atoms in total. The third kappa shape index (κ3) is 4.50. The first-order valence-electron chi connectivity index (χ1n) is 8.05. The van der Waals surface area contributed by atoms with Gasteiger partial charge >= 0.3 is 5.97 Å². The molecule has 0 fully saturated rings. The molecule has 1 aromatic carbocycles. The van der Waals surface area contributed by atoms with Crippen molar-refractivity contribution in [1.29, 1.82) is 0 Å². The number of aryl methyl sites for hydroxylation is 1. The third-order valence-corrected chi connectivity index (χ3v) is 4.92. The van der Waals surface area contributed by atoms with Gasteiger partial charge in [-0.1, -0.05) is 42.0 Å². The molecule has 27 heavy (non-hydrogen) atoms. The Labute approximate surface area is 162 Å². The minimum Gasteiger partial charge on any atom is -0.458 e.